The molecule has 5 heteroatoms. The molecule has 6 unspecified atom stereocenters. The van der Waals surface area contributed by atoms with Gasteiger partial charge in [0.25, 0.3) is 0 Å². The summed E-state index contributed by atoms with van der Waals surface area (Å²) in [5, 5.41) is 19.9. The van der Waals surface area contributed by atoms with E-state index in [-0.39, 0.29) is 0 Å². The molecule has 2 aliphatic rings. The number of hydrogen-bond acceptors (Lipinski definition) is 5. The summed E-state index contributed by atoms with van der Waals surface area (Å²) in [5.74, 6) is -1.34. The average molecular weight is 254 g/mol. The van der Waals surface area contributed by atoms with Crippen LogP contribution in [0.3, 0.4) is 0 Å². The second kappa shape index (κ2) is 5.22. The van der Waals surface area contributed by atoms with Gasteiger partial charge in [-0.2, -0.15) is 0 Å². The number of aliphatic hydroxyl groups excluding tert-OH is 2. The normalized spacial score (nSPS) is 44.6. The van der Waals surface area contributed by atoms with Gasteiger partial charge in [-0.25, -0.2) is 0 Å². The standard InChI is InChI=1S/C13H18O5/c1-3-5-7-10(14)11(15)9-12(17-7)8(6-4-2)18-13(9)16/h3-12,14-15H,1-2H3. The monoisotopic (exact) mass is 254 g/mol. The van der Waals surface area contributed by atoms with Crippen LogP contribution in [0.25, 0.3) is 0 Å². The molecule has 0 aromatic carbocycles. The third-order valence-electron chi connectivity index (χ3n) is 3.34. The molecule has 0 aromatic heterocycles. The topological polar surface area (TPSA) is 76.0 Å². The van der Waals surface area contributed by atoms with Crippen LogP contribution < -0.4 is 0 Å². The lowest BCUT2D eigenvalue weighted by Gasteiger charge is -2.37. The van der Waals surface area contributed by atoms with Crippen molar-refractivity contribution in [2.75, 3.05) is 0 Å². The number of carbonyl (C=O) groups is 1. The molecule has 6 atom stereocenters. The van der Waals surface area contributed by atoms with Crippen molar-refractivity contribution in [1.82, 2.24) is 0 Å². The fourth-order valence-electron chi connectivity index (χ4n) is 2.47. The predicted molar refractivity (Wildman–Crippen MR) is 63.7 cm³/mol. The van der Waals surface area contributed by atoms with Crippen molar-refractivity contribution in [2.45, 2.75) is 44.4 Å². The zero-order valence-corrected chi connectivity index (χ0v) is 10.4. The van der Waals surface area contributed by atoms with Crippen LogP contribution in [0.2, 0.25) is 0 Å². The Morgan fingerprint density at radius 1 is 1.06 bits per heavy atom. The highest BCUT2D eigenvalue weighted by Gasteiger charge is 2.55. The fraction of sp³-hybridized carbons (Fsp3) is 0.615. The molecule has 2 saturated heterocycles. The molecule has 0 spiro atoms. The van der Waals surface area contributed by atoms with Crippen molar-refractivity contribution in [3.8, 4) is 0 Å². The molecule has 2 aliphatic heterocycles. The molecule has 0 aliphatic carbocycles. The summed E-state index contributed by atoms with van der Waals surface area (Å²) in [6, 6.07) is 0. The predicted octanol–water partition coefficient (Wildman–Crippen LogP) is 0.169. The van der Waals surface area contributed by atoms with E-state index in [0.717, 1.165) is 0 Å². The number of esters is 1. The molecule has 100 valence electrons. The molecule has 2 N–H and O–H groups in total. The zero-order valence-electron chi connectivity index (χ0n) is 10.4. The Bertz CT molecular complexity index is 376. The Morgan fingerprint density at radius 2 is 1.67 bits per heavy atom. The van der Waals surface area contributed by atoms with E-state index in [9.17, 15) is 15.0 Å². The molecule has 2 heterocycles. The average Bonchev–Trinajstić information content (AvgIpc) is 2.63. The van der Waals surface area contributed by atoms with Crippen LogP contribution in [0.15, 0.2) is 24.3 Å². The quantitative estimate of drug-likeness (QED) is 0.542. The molecule has 0 amide bonds. The smallest absolute Gasteiger partial charge is 0.315 e. The minimum atomic E-state index is -1.16. The van der Waals surface area contributed by atoms with Gasteiger partial charge < -0.3 is 19.7 Å². The first-order valence-electron chi connectivity index (χ1n) is 6.08. The Balaban J connectivity index is 2.25. The number of cyclic esters (lactones) is 1. The number of aliphatic hydroxyl groups is 2. The Labute approximate surface area is 106 Å². The first-order chi connectivity index (χ1) is 8.60. The van der Waals surface area contributed by atoms with Gasteiger partial charge in [-0.3, -0.25) is 4.79 Å². The van der Waals surface area contributed by atoms with Crippen LogP contribution in [0.5, 0.6) is 0 Å². The van der Waals surface area contributed by atoms with Crippen molar-refractivity contribution in [3.63, 3.8) is 0 Å². The maximum Gasteiger partial charge on any atom is 0.315 e. The summed E-state index contributed by atoms with van der Waals surface area (Å²) in [4.78, 5) is 11.7. The largest absolute Gasteiger partial charge is 0.455 e. The SMILES string of the molecule is CC=CC1OC2C(C=CC)OC(=O)C2C(O)C1O. The van der Waals surface area contributed by atoms with Gasteiger partial charge in [-0.1, -0.05) is 18.2 Å². The maximum atomic E-state index is 11.7. The van der Waals surface area contributed by atoms with E-state index in [0.29, 0.717) is 0 Å². The van der Waals surface area contributed by atoms with Crippen LogP contribution >= 0.6 is 0 Å². The van der Waals surface area contributed by atoms with Crippen molar-refractivity contribution < 1.29 is 24.5 Å². The maximum absolute atomic E-state index is 11.7. The number of ether oxygens (including phenoxy) is 2. The van der Waals surface area contributed by atoms with Gasteiger partial charge in [0, 0.05) is 0 Å². The highest BCUT2D eigenvalue weighted by molar-refractivity contribution is 5.77. The third-order valence-corrected chi connectivity index (χ3v) is 3.34. The van der Waals surface area contributed by atoms with Crippen molar-refractivity contribution >= 4 is 5.97 Å². The molecule has 5 nitrogen and oxygen atoms in total. The van der Waals surface area contributed by atoms with Gasteiger partial charge in [0.1, 0.15) is 30.3 Å². The summed E-state index contributed by atoms with van der Waals surface area (Å²) in [6.45, 7) is 3.62. The van der Waals surface area contributed by atoms with Crippen molar-refractivity contribution in [3.05, 3.63) is 24.3 Å². The minimum absolute atomic E-state index is 0.498. The van der Waals surface area contributed by atoms with Crippen LogP contribution in [0.1, 0.15) is 13.8 Å². The number of rotatable bonds is 2. The van der Waals surface area contributed by atoms with Gasteiger partial charge in [0.2, 0.25) is 0 Å². The summed E-state index contributed by atoms with van der Waals surface area (Å²) < 4.78 is 10.8. The van der Waals surface area contributed by atoms with E-state index in [1.165, 1.54) is 0 Å². The third kappa shape index (κ3) is 2.09. The summed E-state index contributed by atoms with van der Waals surface area (Å²) in [6.07, 6.45) is 2.96. The molecule has 0 aromatic rings. The summed E-state index contributed by atoms with van der Waals surface area (Å²) in [5.41, 5.74) is 0. The van der Waals surface area contributed by atoms with Crippen molar-refractivity contribution in [2.24, 2.45) is 5.92 Å². The first kappa shape index (κ1) is 13.3. The number of allylic oxidation sites excluding steroid dienone is 2. The van der Waals surface area contributed by atoms with Crippen LogP contribution in [-0.2, 0) is 14.3 Å². The second-order valence-electron chi connectivity index (χ2n) is 4.53. The van der Waals surface area contributed by atoms with E-state index in [2.05, 4.69) is 0 Å². The Kier molecular flexibility index (Phi) is 3.85. The van der Waals surface area contributed by atoms with E-state index in [1.54, 1.807) is 31.2 Å². The van der Waals surface area contributed by atoms with Gasteiger partial charge >= 0.3 is 5.97 Å². The lowest BCUT2D eigenvalue weighted by atomic mass is 9.86. The Morgan fingerprint density at radius 3 is 2.28 bits per heavy atom. The van der Waals surface area contributed by atoms with Gasteiger partial charge in [-0.05, 0) is 19.9 Å². The molecule has 0 radical (unpaired) electrons. The zero-order chi connectivity index (χ0) is 13.3. The Hall–Kier alpha value is -1.17. The number of hydrogen-bond donors (Lipinski definition) is 2. The second-order valence-corrected chi connectivity index (χ2v) is 4.53. The molecule has 0 bridgehead atoms. The van der Waals surface area contributed by atoms with E-state index in [4.69, 9.17) is 9.47 Å². The first-order valence-corrected chi connectivity index (χ1v) is 6.08. The number of carbonyl (C=O) groups excluding carboxylic acids is 1. The van der Waals surface area contributed by atoms with E-state index in [1.807, 2.05) is 6.92 Å². The number of fused-ring (bicyclic) bond motifs is 1. The van der Waals surface area contributed by atoms with Gasteiger partial charge in [0.05, 0.1) is 6.10 Å². The van der Waals surface area contributed by atoms with Crippen LogP contribution in [0, 0.1) is 5.92 Å². The highest BCUT2D eigenvalue weighted by Crippen LogP contribution is 2.36. The highest BCUT2D eigenvalue weighted by atomic mass is 16.6. The molecular weight excluding hydrogens is 236 g/mol. The van der Waals surface area contributed by atoms with Crippen LogP contribution in [-0.4, -0.2) is 46.7 Å². The summed E-state index contributed by atoms with van der Waals surface area (Å²) in [7, 11) is 0. The summed E-state index contributed by atoms with van der Waals surface area (Å²) >= 11 is 0. The lowest BCUT2D eigenvalue weighted by molar-refractivity contribution is -0.179. The lowest BCUT2D eigenvalue weighted by Crippen LogP contribution is -2.55. The molecule has 2 fully saturated rings. The minimum Gasteiger partial charge on any atom is -0.455 e. The molecular formula is C13H18O5. The molecule has 2 rings (SSSR count). The fourth-order valence-corrected chi connectivity index (χ4v) is 2.47. The molecule has 18 heavy (non-hydrogen) atoms. The van der Waals surface area contributed by atoms with Gasteiger partial charge in [0.15, 0.2) is 0 Å². The van der Waals surface area contributed by atoms with Gasteiger partial charge in [-0.15, -0.1) is 0 Å². The van der Waals surface area contributed by atoms with E-state index < -0.39 is 42.4 Å². The van der Waals surface area contributed by atoms with Crippen molar-refractivity contribution in [1.29, 1.82) is 0 Å². The molecule has 0 saturated carbocycles. The van der Waals surface area contributed by atoms with Crippen LogP contribution in [0.4, 0.5) is 0 Å². The van der Waals surface area contributed by atoms with E-state index >= 15 is 0 Å².